The molecule has 1 saturated heterocycles. The molecule has 19 heavy (non-hydrogen) atoms. The number of rotatable bonds is 6. The van der Waals surface area contributed by atoms with Crippen LogP contribution in [0.5, 0.6) is 0 Å². The second kappa shape index (κ2) is 7.59. The Hall–Kier alpha value is -0.140. The smallest absolute Gasteiger partial charge is 0.254 e. The van der Waals surface area contributed by atoms with Gasteiger partial charge >= 0.3 is 0 Å². The largest absolute Gasteiger partial charge is 0.337 e. The normalized spacial score (nSPS) is 18.7. The van der Waals surface area contributed by atoms with Crippen LogP contribution in [-0.2, 0) is 0 Å². The molecule has 0 radical (unpaired) electrons. The summed E-state index contributed by atoms with van der Waals surface area (Å²) in [4.78, 5) is 14.6. The average molecular weight is 392 g/mol. The van der Waals surface area contributed by atoms with Gasteiger partial charge in [-0.1, -0.05) is 13.3 Å². The Morgan fingerprint density at radius 1 is 1.63 bits per heavy atom. The second-order valence-corrected chi connectivity index (χ2v) is 7.84. The Morgan fingerprint density at radius 3 is 3.05 bits per heavy atom. The molecule has 106 valence electrons. The standard InChI is InChI=1S/C14H21IN2OS/c1-2-3-7-17(9-12-5-4-6-16-12)14(18)11-8-13(15)19-10-11/h8,10,12,16H,2-7,9H2,1H3. The van der Waals surface area contributed by atoms with E-state index in [0.29, 0.717) is 6.04 Å². The summed E-state index contributed by atoms with van der Waals surface area (Å²) in [6.45, 7) is 4.99. The molecular formula is C14H21IN2OS. The summed E-state index contributed by atoms with van der Waals surface area (Å²) in [5, 5.41) is 5.46. The first-order chi connectivity index (χ1) is 9.20. The van der Waals surface area contributed by atoms with Crippen LogP contribution in [0.4, 0.5) is 0 Å². The summed E-state index contributed by atoms with van der Waals surface area (Å²) in [5.74, 6) is 0.196. The molecule has 1 aromatic heterocycles. The predicted molar refractivity (Wildman–Crippen MR) is 88.9 cm³/mol. The predicted octanol–water partition coefficient (Wildman–Crippen LogP) is 3.35. The molecule has 1 atom stereocenters. The number of carbonyl (C=O) groups excluding carboxylic acids is 1. The molecule has 1 amide bonds. The second-order valence-electron chi connectivity index (χ2n) is 5.04. The highest BCUT2D eigenvalue weighted by Gasteiger charge is 2.22. The van der Waals surface area contributed by atoms with Gasteiger partial charge < -0.3 is 10.2 Å². The Labute approximate surface area is 132 Å². The fourth-order valence-corrected chi connectivity index (χ4v) is 3.73. The zero-order chi connectivity index (χ0) is 13.7. The van der Waals surface area contributed by atoms with Crippen LogP contribution in [0.15, 0.2) is 11.4 Å². The third-order valence-electron chi connectivity index (χ3n) is 3.49. The van der Waals surface area contributed by atoms with Crippen molar-refractivity contribution in [2.45, 2.75) is 38.6 Å². The van der Waals surface area contributed by atoms with E-state index in [1.54, 1.807) is 11.3 Å². The van der Waals surface area contributed by atoms with E-state index in [2.05, 4.69) is 34.8 Å². The van der Waals surface area contributed by atoms with Gasteiger partial charge in [-0.05, 0) is 54.5 Å². The zero-order valence-corrected chi connectivity index (χ0v) is 14.3. The highest BCUT2D eigenvalue weighted by Crippen LogP contribution is 2.19. The summed E-state index contributed by atoms with van der Waals surface area (Å²) in [6.07, 6.45) is 4.64. The number of hydrogen-bond acceptors (Lipinski definition) is 3. The van der Waals surface area contributed by atoms with Gasteiger partial charge in [0.15, 0.2) is 0 Å². The maximum absolute atomic E-state index is 12.6. The summed E-state index contributed by atoms with van der Waals surface area (Å²) in [6, 6.07) is 2.48. The molecule has 1 fully saturated rings. The Morgan fingerprint density at radius 2 is 2.47 bits per heavy atom. The van der Waals surface area contributed by atoms with Gasteiger partial charge in [-0.2, -0.15) is 0 Å². The van der Waals surface area contributed by atoms with Crippen LogP contribution in [0.1, 0.15) is 43.0 Å². The van der Waals surface area contributed by atoms with E-state index in [0.717, 1.165) is 38.0 Å². The van der Waals surface area contributed by atoms with Gasteiger partial charge in [0.1, 0.15) is 0 Å². The highest BCUT2D eigenvalue weighted by atomic mass is 127. The quantitative estimate of drug-likeness (QED) is 0.754. The summed E-state index contributed by atoms with van der Waals surface area (Å²) >= 11 is 3.91. The molecule has 0 aliphatic carbocycles. The van der Waals surface area contributed by atoms with E-state index in [1.807, 2.05) is 16.3 Å². The number of halogens is 1. The van der Waals surface area contributed by atoms with Gasteiger partial charge in [0.2, 0.25) is 0 Å². The maximum atomic E-state index is 12.6. The highest BCUT2D eigenvalue weighted by molar-refractivity contribution is 14.1. The average Bonchev–Trinajstić information content (AvgIpc) is 3.05. The van der Waals surface area contributed by atoms with Crippen molar-refractivity contribution in [3.8, 4) is 0 Å². The number of nitrogens with zero attached hydrogens (tertiary/aromatic N) is 1. The van der Waals surface area contributed by atoms with E-state index in [1.165, 1.54) is 15.7 Å². The van der Waals surface area contributed by atoms with Crippen LogP contribution in [0.3, 0.4) is 0 Å². The number of hydrogen-bond donors (Lipinski definition) is 1. The van der Waals surface area contributed by atoms with E-state index in [4.69, 9.17) is 0 Å². The summed E-state index contributed by atoms with van der Waals surface area (Å²) < 4.78 is 1.18. The van der Waals surface area contributed by atoms with Crippen LogP contribution in [0.25, 0.3) is 0 Å². The minimum atomic E-state index is 0.196. The lowest BCUT2D eigenvalue weighted by Crippen LogP contribution is -2.41. The van der Waals surface area contributed by atoms with Crippen molar-refractivity contribution in [3.63, 3.8) is 0 Å². The molecule has 1 aliphatic heterocycles. The molecule has 2 rings (SSSR count). The molecule has 0 spiro atoms. The minimum absolute atomic E-state index is 0.196. The van der Waals surface area contributed by atoms with E-state index < -0.39 is 0 Å². The molecule has 0 saturated carbocycles. The minimum Gasteiger partial charge on any atom is -0.337 e. The number of carbonyl (C=O) groups is 1. The van der Waals surface area contributed by atoms with Crippen LogP contribution in [-0.4, -0.2) is 36.5 Å². The molecular weight excluding hydrogens is 371 g/mol. The van der Waals surface area contributed by atoms with Crippen molar-refractivity contribution < 1.29 is 4.79 Å². The molecule has 1 aliphatic rings. The Kier molecular flexibility index (Phi) is 6.09. The lowest BCUT2D eigenvalue weighted by Gasteiger charge is -2.25. The Balaban J connectivity index is 2.00. The SMILES string of the molecule is CCCCN(CC1CCCN1)C(=O)c1csc(I)c1. The Bertz CT molecular complexity index is 415. The van der Waals surface area contributed by atoms with E-state index in [-0.39, 0.29) is 5.91 Å². The monoisotopic (exact) mass is 392 g/mol. The molecule has 1 unspecified atom stereocenters. The zero-order valence-electron chi connectivity index (χ0n) is 11.3. The lowest BCUT2D eigenvalue weighted by molar-refractivity contribution is 0.0740. The third kappa shape index (κ3) is 4.43. The first-order valence-electron chi connectivity index (χ1n) is 6.97. The fraction of sp³-hybridized carbons (Fsp3) is 0.643. The van der Waals surface area contributed by atoms with E-state index >= 15 is 0 Å². The molecule has 0 bridgehead atoms. The molecule has 2 heterocycles. The van der Waals surface area contributed by atoms with Gasteiger partial charge in [-0.25, -0.2) is 0 Å². The first-order valence-corrected chi connectivity index (χ1v) is 8.93. The van der Waals surface area contributed by atoms with Gasteiger partial charge in [0.05, 0.1) is 8.45 Å². The van der Waals surface area contributed by atoms with Crippen molar-refractivity contribution in [3.05, 3.63) is 19.9 Å². The molecule has 3 nitrogen and oxygen atoms in total. The van der Waals surface area contributed by atoms with Gasteiger partial charge in [0.25, 0.3) is 5.91 Å². The molecule has 5 heteroatoms. The lowest BCUT2D eigenvalue weighted by atomic mass is 10.2. The van der Waals surface area contributed by atoms with Gasteiger partial charge in [-0.15, -0.1) is 11.3 Å². The third-order valence-corrected chi connectivity index (χ3v) is 5.28. The van der Waals surface area contributed by atoms with Crippen LogP contribution < -0.4 is 5.32 Å². The maximum Gasteiger partial charge on any atom is 0.254 e. The van der Waals surface area contributed by atoms with E-state index in [9.17, 15) is 4.79 Å². The first kappa shape index (κ1) is 15.3. The number of unbranched alkanes of at least 4 members (excludes halogenated alkanes) is 1. The molecule has 0 aromatic carbocycles. The van der Waals surface area contributed by atoms with Crippen molar-refractivity contribution >= 4 is 39.8 Å². The van der Waals surface area contributed by atoms with Crippen LogP contribution in [0.2, 0.25) is 0 Å². The topological polar surface area (TPSA) is 32.3 Å². The van der Waals surface area contributed by atoms with Crippen LogP contribution >= 0.6 is 33.9 Å². The van der Waals surface area contributed by atoms with Crippen molar-refractivity contribution in [2.24, 2.45) is 0 Å². The summed E-state index contributed by atoms with van der Waals surface area (Å²) in [5.41, 5.74) is 0.850. The number of amides is 1. The molecule has 1 N–H and O–H groups in total. The van der Waals surface area contributed by atoms with Gasteiger partial charge in [0, 0.05) is 24.5 Å². The fourth-order valence-electron chi connectivity index (χ4n) is 2.41. The van der Waals surface area contributed by atoms with Crippen molar-refractivity contribution in [1.82, 2.24) is 10.2 Å². The molecule has 1 aromatic rings. The number of nitrogens with one attached hydrogen (secondary N) is 1. The number of thiophene rings is 1. The van der Waals surface area contributed by atoms with Gasteiger partial charge in [-0.3, -0.25) is 4.79 Å². The van der Waals surface area contributed by atoms with Crippen molar-refractivity contribution in [2.75, 3.05) is 19.6 Å². The summed E-state index contributed by atoms with van der Waals surface area (Å²) in [7, 11) is 0. The van der Waals surface area contributed by atoms with Crippen LogP contribution in [0, 0.1) is 2.88 Å². The van der Waals surface area contributed by atoms with Crippen molar-refractivity contribution in [1.29, 1.82) is 0 Å².